The Morgan fingerprint density at radius 3 is 1.72 bits per heavy atom. The van der Waals surface area contributed by atoms with Gasteiger partial charge in [0.15, 0.2) is 0 Å². The molecule has 0 aliphatic rings. The Balaban J connectivity index is 4.30. The Morgan fingerprint density at radius 1 is 0.944 bits per heavy atom. The molecule has 0 spiro atoms. The molecule has 2 amide bonds. The lowest BCUT2D eigenvalue weighted by Gasteiger charge is -2.25. The first-order valence-electron chi connectivity index (χ1n) is 6.57. The average Bonchev–Trinajstić information content (AvgIpc) is 2.20. The van der Waals surface area contributed by atoms with E-state index in [1.807, 2.05) is 48.5 Å². The van der Waals surface area contributed by atoms with Crippen molar-refractivity contribution >= 4 is 11.8 Å². The molecule has 1 atom stereocenters. The summed E-state index contributed by atoms with van der Waals surface area (Å²) in [6.45, 7) is 13.7. The van der Waals surface area contributed by atoms with Crippen LogP contribution in [0.1, 0.15) is 54.9 Å². The van der Waals surface area contributed by atoms with Crippen LogP contribution < -0.4 is 10.6 Å². The highest BCUT2D eigenvalue weighted by Crippen LogP contribution is 2.14. The maximum Gasteiger partial charge on any atom is 0.225 e. The van der Waals surface area contributed by atoms with Crippen LogP contribution in [0.2, 0.25) is 0 Å². The molecule has 0 heterocycles. The molecule has 0 aromatic carbocycles. The van der Waals surface area contributed by atoms with Gasteiger partial charge in [-0.2, -0.15) is 0 Å². The number of hydrogen-bond acceptors (Lipinski definition) is 2. The predicted octanol–water partition coefficient (Wildman–Crippen LogP) is 2.09. The predicted molar refractivity (Wildman–Crippen MR) is 74.1 cm³/mol. The van der Waals surface area contributed by atoms with E-state index in [9.17, 15) is 9.59 Å². The van der Waals surface area contributed by atoms with E-state index in [1.165, 1.54) is 0 Å². The summed E-state index contributed by atoms with van der Waals surface area (Å²) in [7, 11) is 0. The van der Waals surface area contributed by atoms with Crippen molar-refractivity contribution in [2.75, 3.05) is 6.54 Å². The summed E-state index contributed by atoms with van der Waals surface area (Å²) in [6.07, 6.45) is 0.798. The third-order valence-electron chi connectivity index (χ3n) is 2.70. The normalized spacial score (nSPS) is 13.9. The molecule has 0 aliphatic carbocycles. The number of nitrogens with one attached hydrogen (secondary N) is 2. The highest BCUT2D eigenvalue weighted by Gasteiger charge is 2.25. The molecule has 0 rings (SSSR count). The third-order valence-corrected chi connectivity index (χ3v) is 2.70. The van der Waals surface area contributed by atoms with Crippen molar-refractivity contribution in [1.29, 1.82) is 0 Å². The third kappa shape index (κ3) is 6.03. The maximum absolute atomic E-state index is 11.9. The van der Waals surface area contributed by atoms with E-state index in [0.29, 0.717) is 6.54 Å². The van der Waals surface area contributed by atoms with Crippen molar-refractivity contribution in [3.63, 3.8) is 0 Å². The number of amides is 2. The second-order valence-electron chi connectivity index (χ2n) is 6.79. The second-order valence-corrected chi connectivity index (χ2v) is 6.79. The molecule has 4 nitrogen and oxygen atoms in total. The average molecular weight is 256 g/mol. The SMILES string of the molecule is CC[C@H](CNC(=O)C(C)(C)C)NC(=O)C(C)(C)C. The fourth-order valence-electron chi connectivity index (χ4n) is 1.18. The van der Waals surface area contributed by atoms with Crippen LogP contribution in [0.25, 0.3) is 0 Å². The molecule has 106 valence electrons. The van der Waals surface area contributed by atoms with E-state index < -0.39 is 10.8 Å². The summed E-state index contributed by atoms with van der Waals surface area (Å²) in [5.74, 6) is 0.0188. The first kappa shape index (κ1) is 16.9. The minimum absolute atomic E-state index is 0.00552. The van der Waals surface area contributed by atoms with Crippen molar-refractivity contribution < 1.29 is 9.59 Å². The Morgan fingerprint density at radius 2 is 1.39 bits per heavy atom. The molecule has 4 heteroatoms. The van der Waals surface area contributed by atoms with E-state index in [0.717, 1.165) is 6.42 Å². The zero-order valence-electron chi connectivity index (χ0n) is 12.8. The van der Waals surface area contributed by atoms with E-state index in [1.54, 1.807) is 0 Å². The van der Waals surface area contributed by atoms with Gasteiger partial charge in [0, 0.05) is 23.4 Å². The zero-order chi connectivity index (χ0) is 14.6. The molecule has 0 unspecified atom stereocenters. The minimum atomic E-state index is -0.401. The largest absolute Gasteiger partial charge is 0.354 e. The molecule has 0 saturated carbocycles. The standard InChI is InChI=1S/C14H28N2O2/c1-8-10(16-12(18)14(5,6)7)9-15-11(17)13(2,3)4/h10H,8-9H2,1-7H3,(H,15,17)(H,16,18)/t10-/m1/s1. The molecule has 0 fully saturated rings. The van der Waals surface area contributed by atoms with E-state index in [2.05, 4.69) is 10.6 Å². The molecule has 0 aromatic heterocycles. The quantitative estimate of drug-likeness (QED) is 0.809. The van der Waals surface area contributed by atoms with Crippen LogP contribution in [0.4, 0.5) is 0 Å². The van der Waals surface area contributed by atoms with Crippen LogP contribution in [0.5, 0.6) is 0 Å². The summed E-state index contributed by atoms with van der Waals surface area (Å²) in [6, 6.07) is -0.0111. The smallest absolute Gasteiger partial charge is 0.225 e. The highest BCUT2D eigenvalue weighted by molar-refractivity contribution is 5.82. The Labute approximate surface area is 111 Å². The molecule has 0 bridgehead atoms. The molecule has 0 saturated heterocycles. The molecule has 0 aromatic rings. The van der Waals surface area contributed by atoms with Gasteiger partial charge in [-0.25, -0.2) is 0 Å². The monoisotopic (exact) mass is 256 g/mol. The summed E-state index contributed by atoms with van der Waals surface area (Å²) in [5, 5.41) is 5.84. The van der Waals surface area contributed by atoms with Gasteiger partial charge in [0.05, 0.1) is 0 Å². The van der Waals surface area contributed by atoms with Gasteiger partial charge in [0.1, 0.15) is 0 Å². The highest BCUT2D eigenvalue weighted by atomic mass is 16.2. The van der Waals surface area contributed by atoms with Gasteiger partial charge >= 0.3 is 0 Å². The number of carbonyl (C=O) groups is 2. The fraction of sp³-hybridized carbons (Fsp3) is 0.857. The fourth-order valence-corrected chi connectivity index (χ4v) is 1.18. The van der Waals surface area contributed by atoms with E-state index in [4.69, 9.17) is 0 Å². The molecular formula is C14H28N2O2. The molecular weight excluding hydrogens is 228 g/mol. The second kappa shape index (κ2) is 6.21. The maximum atomic E-state index is 11.9. The zero-order valence-corrected chi connectivity index (χ0v) is 12.8. The lowest BCUT2D eigenvalue weighted by molar-refractivity contribution is -0.131. The lowest BCUT2D eigenvalue weighted by atomic mass is 9.94. The Hall–Kier alpha value is -1.06. The van der Waals surface area contributed by atoms with Crippen LogP contribution >= 0.6 is 0 Å². The molecule has 18 heavy (non-hydrogen) atoms. The number of carbonyl (C=O) groups excluding carboxylic acids is 2. The first-order valence-corrected chi connectivity index (χ1v) is 6.57. The van der Waals surface area contributed by atoms with Gasteiger partial charge in [0.2, 0.25) is 11.8 Å². The van der Waals surface area contributed by atoms with Crippen LogP contribution in [-0.4, -0.2) is 24.4 Å². The van der Waals surface area contributed by atoms with Gasteiger partial charge < -0.3 is 10.6 Å². The van der Waals surface area contributed by atoms with Crippen LogP contribution in [-0.2, 0) is 9.59 Å². The summed E-state index contributed by atoms with van der Waals surface area (Å²) in [5.41, 5.74) is -0.798. The van der Waals surface area contributed by atoms with Gasteiger partial charge in [-0.3, -0.25) is 9.59 Å². The van der Waals surface area contributed by atoms with E-state index in [-0.39, 0.29) is 17.9 Å². The minimum Gasteiger partial charge on any atom is -0.354 e. The van der Waals surface area contributed by atoms with E-state index >= 15 is 0 Å². The van der Waals surface area contributed by atoms with Crippen molar-refractivity contribution in [2.45, 2.75) is 60.9 Å². The van der Waals surface area contributed by atoms with Gasteiger partial charge in [-0.05, 0) is 6.42 Å². The summed E-state index contributed by atoms with van der Waals surface area (Å²) >= 11 is 0. The van der Waals surface area contributed by atoms with Crippen molar-refractivity contribution in [1.82, 2.24) is 10.6 Å². The first-order chi connectivity index (χ1) is 7.98. The topological polar surface area (TPSA) is 58.2 Å². The number of hydrogen-bond donors (Lipinski definition) is 2. The molecule has 2 N–H and O–H groups in total. The van der Waals surface area contributed by atoms with Crippen molar-refractivity contribution in [2.24, 2.45) is 10.8 Å². The van der Waals surface area contributed by atoms with Crippen LogP contribution in [0, 0.1) is 10.8 Å². The van der Waals surface area contributed by atoms with Crippen LogP contribution in [0.15, 0.2) is 0 Å². The summed E-state index contributed by atoms with van der Waals surface area (Å²) < 4.78 is 0. The van der Waals surface area contributed by atoms with Gasteiger partial charge in [-0.1, -0.05) is 48.5 Å². The molecule has 0 aliphatic heterocycles. The molecule has 0 radical (unpaired) electrons. The lowest BCUT2D eigenvalue weighted by Crippen LogP contribution is -2.48. The van der Waals surface area contributed by atoms with Crippen LogP contribution in [0.3, 0.4) is 0 Å². The summed E-state index contributed by atoms with van der Waals surface area (Å²) in [4.78, 5) is 23.6. The van der Waals surface area contributed by atoms with Crippen molar-refractivity contribution in [3.8, 4) is 0 Å². The van der Waals surface area contributed by atoms with Gasteiger partial charge in [-0.15, -0.1) is 0 Å². The van der Waals surface area contributed by atoms with Gasteiger partial charge in [0.25, 0.3) is 0 Å². The van der Waals surface area contributed by atoms with Crippen molar-refractivity contribution in [3.05, 3.63) is 0 Å². The number of rotatable bonds is 4. The Bertz CT molecular complexity index is 298. The Kier molecular flexibility index (Phi) is 5.84.